The Labute approximate surface area is 142 Å². The molecule has 0 aromatic heterocycles. The summed E-state index contributed by atoms with van der Waals surface area (Å²) in [4.78, 5) is 0. The van der Waals surface area contributed by atoms with Crippen molar-refractivity contribution in [3.63, 3.8) is 0 Å². The number of aliphatic hydroxyl groups is 1. The van der Waals surface area contributed by atoms with Crippen LogP contribution in [0.25, 0.3) is 0 Å². The molecule has 0 heterocycles. The van der Waals surface area contributed by atoms with Crippen molar-refractivity contribution in [3.8, 4) is 0 Å². The Morgan fingerprint density at radius 2 is 1.35 bits per heavy atom. The first-order valence-corrected chi connectivity index (χ1v) is 11.7. The van der Waals surface area contributed by atoms with E-state index in [1.165, 1.54) is 5.19 Å². The van der Waals surface area contributed by atoms with Crippen LogP contribution in [0.3, 0.4) is 0 Å². The number of rotatable bonds is 6. The van der Waals surface area contributed by atoms with E-state index >= 15 is 0 Å². The summed E-state index contributed by atoms with van der Waals surface area (Å²) in [6, 6.07) is 21.0. The van der Waals surface area contributed by atoms with Crippen LogP contribution < -0.4 is 5.19 Å². The lowest BCUT2D eigenvalue weighted by Crippen LogP contribution is -2.48. The van der Waals surface area contributed by atoms with Crippen molar-refractivity contribution in [1.29, 1.82) is 0 Å². The van der Waals surface area contributed by atoms with Crippen LogP contribution in [-0.2, 0) is 5.60 Å². The van der Waals surface area contributed by atoms with Crippen molar-refractivity contribution in [1.82, 2.24) is 0 Å². The first-order chi connectivity index (χ1) is 10.8. The minimum absolute atomic E-state index is 0.188. The topological polar surface area (TPSA) is 20.2 Å². The molecule has 1 N–H and O–H groups in total. The van der Waals surface area contributed by atoms with Crippen LogP contribution in [0.4, 0.5) is 0 Å². The summed E-state index contributed by atoms with van der Waals surface area (Å²) in [5, 5.41) is 12.9. The molecule has 0 spiro atoms. The number of benzene rings is 2. The van der Waals surface area contributed by atoms with Crippen LogP contribution in [0.2, 0.25) is 18.6 Å². The highest BCUT2D eigenvalue weighted by Gasteiger charge is 2.40. The fraction of sp³-hybridized carbons (Fsp3) is 0.429. The Hall–Kier alpha value is -1.38. The largest absolute Gasteiger partial charge is 0.385 e. The van der Waals surface area contributed by atoms with Gasteiger partial charge in [-0.2, -0.15) is 0 Å². The van der Waals surface area contributed by atoms with Crippen molar-refractivity contribution in [3.05, 3.63) is 66.2 Å². The fourth-order valence-electron chi connectivity index (χ4n) is 3.29. The molecule has 2 aromatic carbocycles. The average Bonchev–Trinajstić information content (AvgIpc) is 2.56. The first kappa shape index (κ1) is 18.0. The molecule has 0 aliphatic carbocycles. The van der Waals surface area contributed by atoms with E-state index in [2.05, 4.69) is 76.3 Å². The molecule has 23 heavy (non-hydrogen) atoms. The molecule has 0 aliphatic heterocycles. The van der Waals surface area contributed by atoms with Crippen molar-refractivity contribution < 1.29 is 5.11 Å². The second kappa shape index (κ2) is 7.02. The quantitative estimate of drug-likeness (QED) is 0.747. The highest BCUT2D eigenvalue weighted by Crippen LogP contribution is 2.40. The summed E-state index contributed by atoms with van der Waals surface area (Å²) in [6.45, 7) is 11.4. The Bertz CT molecular complexity index is 606. The molecule has 0 saturated heterocycles. The normalized spacial score (nSPS) is 16.1. The molecule has 0 fully saturated rings. The number of hydrogen-bond acceptors (Lipinski definition) is 1. The van der Waals surface area contributed by atoms with Gasteiger partial charge in [0.2, 0.25) is 0 Å². The molecule has 0 unspecified atom stereocenters. The minimum Gasteiger partial charge on any atom is -0.385 e. The van der Waals surface area contributed by atoms with E-state index in [1.807, 2.05) is 18.2 Å². The van der Waals surface area contributed by atoms with E-state index in [0.717, 1.165) is 12.0 Å². The van der Waals surface area contributed by atoms with Crippen molar-refractivity contribution >= 4 is 13.3 Å². The maximum absolute atomic E-state index is 11.5. The first-order valence-electron chi connectivity index (χ1n) is 8.62. The Kier molecular flexibility index (Phi) is 5.48. The predicted molar refractivity (Wildman–Crippen MR) is 103 cm³/mol. The number of hydrogen-bond donors (Lipinski definition) is 1. The van der Waals surface area contributed by atoms with Crippen molar-refractivity contribution in [2.24, 2.45) is 5.92 Å². The van der Waals surface area contributed by atoms with Crippen LogP contribution in [0.15, 0.2) is 60.7 Å². The SMILES string of the molecule is CC(C)[C@](O)(C[C@H](C)[Si](C)(C)c1ccccc1)c1ccccc1. The molecule has 0 aliphatic rings. The summed E-state index contributed by atoms with van der Waals surface area (Å²) in [5.41, 5.74) is 0.761. The van der Waals surface area contributed by atoms with Crippen molar-refractivity contribution in [2.75, 3.05) is 0 Å². The summed E-state index contributed by atoms with van der Waals surface area (Å²) in [6.07, 6.45) is 0.808. The second-order valence-corrected chi connectivity index (χ2v) is 12.6. The molecule has 0 saturated carbocycles. The second-order valence-electron chi connectivity index (χ2n) is 7.64. The molecule has 2 rings (SSSR count). The Balaban J connectivity index is 2.30. The van der Waals surface area contributed by atoms with Gasteiger partial charge in [-0.25, -0.2) is 0 Å². The van der Waals surface area contributed by atoms with E-state index in [-0.39, 0.29) is 5.92 Å². The standard InChI is InChI=1S/C21H30OSi/c1-17(2)21(22,19-12-8-6-9-13-19)16-18(3)23(4,5)20-14-10-7-11-15-20/h6-15,17-18,22H,16H2,1-5H3/t18-,21+/m0/s1. The van der Waals surface area contributed by atoms with Gasteiger partial charge in [0.05, 0.1) is 13.7 Å². The molecule has 0 radical (unpaired) electrons. The molecule has 1 nitrogen and oxygen atoms in total. The third-order valence-electron chi connectivity index (χ3n) is 5.60. The lowest BCUT2D eigenvalue weighted by atomic mass is 9.80. The van der Waals surface area contributed by atoms with Crippen LogP contribution in [-0.4, -0.2) is 13.2 Å². The summed E-state index contributed by atoms with van der Waals surface area (Å²) in [5.74, 6) is 0.188. The predicted octanol–water partition coefficient (Wildman–Crippen LogP) is 4.93. The lowest BCUT2D eigenvalue weighted by Gasteiger charge is -2.40. The van der Waals surface area contributed by atoms with Gasteiger partial charge in [0.25, 0.3) is 0 Å². The molecular formula is C21H30OSi. The molecule has 2 aromatic rings. The lowest BCUT2D eigenvalue weighted by molar-refractivity contribution is -0.0194. The van der Waals surface area contributed by atoms with E-state index in [1.54, 1.807) is 0 Å². The summed E-state index contributed by atoms with van der Waals surface area (Å²) < 4.78 is 0. The van der Waals surface area contributed by atoms with Gasteiger partial charge < -0.3 is 5.11 Å². The van der Waals surface area contributed by atoms with Gasteiger partial charge in [0.15, 0.2) is 0 Å². The third kappa shape index (κ3) is 3.76. The van der Waals surface area contributed by atoms with E-state index in [4.69, 9.17) is 0 Å². The summed E-state index contributed by atoms with van der Waals surface area (Å²) in [7, 11) is -1.63. The summed E-state index contributed by atoms with van der Waals surface area (Å²) >= 11 is 0. The van der Waals surface area contributed by atoms with E-state index in [0.29, 0.717) is 5.54 Å². The molecule has 0 amide bonds. The van der Waals surface area contributed by atoms with Gasteiger partial charge >= 0.3 is 0 Å². The van der Waals surface area contributed by atoms with Gasteiger partial charge in [0, 0.05) is 0 Å². The van der Waals surface area contributed by atoms with Crippen LogP contribution >= 0.6 is 0 Å². The van der Waals surface area contributed by atoms with E-state index in [9.17, 15) is 5.11 Å². The Morgan fingerprint density at radius 3 is 1.83 bits per heavy atom. The minimum atomic E-state index is -1.63. The van der Waals surface area contributed by atoms with E-state index < -0.39 is 13.7 Å². The van der Waals surface area contributed by atoms with Gasteiger partial charge in [-0.05, 0) is 23.4 Å². The highest BCUT2D eigenvalue weighted by atomic mass is 28.3. The van der Waals surface area contributed by atoms with Gasteiger partial charge in [-0.1, -0.05) is 99.7 Å². The van der Waals surface area contributed by atoms with Crippen LogP contribution in [0.1, 0.15) is 32.8 Å². The maximum Gasteiger partial charge on any atom is 0.0919 e. The molecule has 2 heteroatoms. The van der Waals surface area contributed by atoms with Gasteiger partial charge in [0.1, 0.15) is 0 Å². The third-order valence-corrected chi connectivity index (χ3v) is 10.1. The molecule has 124 valence electrons. The Morgan fingerprint density at radius 1 is 0.870 bits per heavy atom. The average molecular weight is 327 g/mol. The zero-order valence-electron chi connectivity index (χ0n) is 15.1. The fourth-order valence-corrected chi connectivity index (χ4v) is 5.73. The van der Waals surface area contributed by atoms with Crippen LogP contribution in [0, 0.1) is 5.92 Å². The monoisotopic (exact) mass is 326 g/mol. The van der Waals surface area contributed by atoms with Crippen LogP contribution in [0.5, 0.6) is 0 Å². The zero-order valence-corrected chi connectivity index (χ0v) is 16.1. The molecule has 0 bridgehead atoms. The maximum atomic E-state index is 11.5. The van der Waals surface area contributed by atoms with Gasteiger partial charge in [-0.3, -0.25) is 0 Å². The highest BCUT2D eigenvalue weighted by molar-refractivity contribution is 6.90. The van der Waals surface area contributed by atoms with Gasteiger partial charge in [-0.15, -0.1) is 0 Å². The smallest absolute Gasteiger partial charge is 0.0919 e. The molecule has 2 atom stereocenters. The zero-order chi connectivity index (χ0) is 17.1. The van der Waals surface area contributed by atoms with Crippen molar-refractivity contribution in [2.45, 2.75) is 51.4 Å². The molecular weight excluding hydrogens is 296 g/mol.